The highest BCUT2D eigenvalue weighted by Crippen LogP contribution is 2.13. The first-order valence-electron chi connectivity index (χ1n) is 5.77. The highest BCUT2D eigenvalue weighted by molar-refractivity contribution is 5.77. The number of rotatable bonds is 1. The summed E-state index contributed by atoms with van der Waals surface area (Å²) >= 11 is 0. The zero-order chi connectivity index (χ0) is 13.4. The van der Waals surface area contributed by atoms with Crippen molar-refractivity contribution in [2.75, 3.05) is 5.73 Å². The van der Waals surface area contributed by atoms with Crippen molar-refractivity contribution in [1.82, 2.24) is 9.55 Å². The molecule has 2 aromatic carbocycles. The number of para-hydroxylation sites is 3. The maximum Gasteiger partial charge on any atom is 0.333 e. The fourth-order valence-electron chi connectivity index (χ4n) is 2.07. The minimum atomic E-state index is -0.499. The first-order chi connectivity index (χ1) is 9.18. The molecule has 3 aromatic rings. The smallest absolute Gasteiger partial charge is 0.333 e. The first-order valence-corrected chi connectivity index (χ1v) is 5.77. The van der Waals surface area contributed by atoms with Gasteiger partial charge in [-0.3, -0.25) is 4.79 Å². The third-order valence-electron chi connectivity index (χ3n) is 2.98. The predicted octanol–water partition coefficient (Wildman–Crippen LogP) is 1.26. The number of nitrogens with two attached hydrogens (primary N) is 1. The number of nitrogen functional groups attached to an aromatic ring is 1. The number of nitrogens with zero attached hydrogens (tertiary/aromatic N) is 1. The van der Waals surface area contributed by atoms with Gasteiger partial charge in [0.25, 0.3) is 5.56 Å². The lowest BCUT2D eigenvalue weighted by atomic mass is 10.2. The SMILES string of the molecule is Nc1ccccc1-n1c(=O)[nH]c2ccccc2c1=O. The standard InChI is InChI=1S/C14H11N3O2/c15-10-6-2-4-8-12(10)17-13(18)9-5-1-3-7-11(9)16-14(17)19/h1-8H,15H2,(H,16,19). The number of aromatic nitrogens is 2. The lowest BCUT2D eigenvalue weighted by Crippen LogP contribution is -2.34. The van der Waals surface area contributed by atoms with E-state index in [1.54, 1.807) is 48.5 Å². The Balaban J connectivity index is 2.47. The number of benzene rings is 2. The van der Waals surface area contributed by atoms with Gasteiger partial charge in [-0.2, -0.15) is 0 Å². The van der Waals surface area contributed by atoms with E-state index in [0.717, 1.165) is 4.57 Å². The van der Waals surface area contributed by atoms with Crippen LogP contribution < -0.4 is 17.0 Å². The molecule has 5 heteroatoms. The van der Waals surface area contributed by atoms with E-state index in [4.69, 9.17) is 5.73 Å². The van der Waals surface area contributed by atoms with Crippen molar-refractivity contribution in [3.8, 4) is 5.69 Å². The van der Waals surface area contributed by atoms with Crippen molar-refractivity contribution in [3.05, 3.63) is 69.4 Å². The van der Waals surface area contributed by atoms with Crippen molar-refractivity contribution in [2.45, 2.75) is 0 Å². The number of anilines is 1. The van der Waals surface area contributed by atoms with Gasteiger partial charge >= 0.3 is 5.69 Å². The molecule has 1 aromatic heterocycles. The van der Waals surface area contributed by atoms with Crippen molar-refractivity contribution >= 4 is 16.6 Å². The Morgan fingerprint density at radius 1 is 0.947 bits per heavy atom. The minimum absolute atomic E-state index is 0.378. The van der Waals surface area contributed by atoms with Gasteiger partial charge in [-0.1, -0.05) is 24.3 Å². The van der Waals surface area contributed by atoms with Crippen LogP contribution in [0.1, 0.15) is 0 Å². The number of hydrogen-bond acceptors (Lipinski definition) is 3. The molecule has 0 aliphatic heterocycles. The molecule has 0 aliphatic rings. The molecule has 0 aliphatic carbocycles. The molecule has 0 bridgehead atoms. The molecule has 3 rings (SSSR count). The van der Waals surface area contributed by atoms with Gasteiger partial charge in [0.2, 0.25) is 0 Å². The van der Waals surface area contributed by atoms with Crippen LogP contribution in [0.2, 0.25) is 0 Å². The van der Waals surface area contributed by atoms with E-state index < -0.39 is 5.69 Å². The molecule has 0 unspecified atom stereocenters. The lowest BCUT2D eigenvalue weighted by Gasteiger charge is -2.08. The van der Waals surface area contributed by atoms with Crippen LogP contribution in [0.3, 0.4) is 0 Å². The fourth-order valence-corrected chi connectivity index (χ4v) is 2.07. The summed E-state index contributed by atoms with van der Waals surface area (Å²) in [6.07, 6.45) is 0. The Hall–Kier alpha value is -2.82. The molecular weight excluding hydrogens is 242 g/mol. The van der Waals surface area contributed by atoms with E-state index in [1.165, 1.54) is 0 Å². The van der Waals surface area contributed by atoms with Crippen molar-refractivity contribution in [2.24, 2.45) is 0 Å². The second-order valence-corrected chi connectivity index (χ2v) is 4.18. The van der Waals surface area contributed by atoms with Crippen LogP contribution in [-0.4, -0.2) is 9.55 Å². The summed E-state index contributed by atoms with van der Waals surface area (Å²) < 4.78 is 1.05. The van der Waals surface area contributed by atoms with Crippen molar-refractivity contribution in [3.63, 3.8) is 0 Å². The molecule has 0 spiro atoms. The molecule has 94 valence electrons. The van der Waals surface area contributed by atoms with Crippen LogP contribution in [0.4, 0.5) is 5.69 Å². The zero-order valence-corrected chi connectivity index (χ0v) is 9.96. The molecular formula is C14H11N3O2. The zero-order valence-electron chi connectivity index (χ0n) is 9.96. The predicted molar refractivity (Wildman–Crippen MR) is 74.6 cm³/mol. The summed E-state index contributed by atoms with van der Waals surface area (Å²) in [6, 6.07) is 13.6. The maximum absolute atomic E-state index is 12.4. The monoisotopic (exact) mass is 253 g/mol. The van der Waals surface area contributed by atoms with Gasteiger partial charge in [0, 0.05) is 0 Å². The molecule has 0 amide bonds. The molecule has 19 heavy (non-hydrogen) atoms. The first kappa shape index (κ1) is 11.3. The third kappa shape index (κ3) is 1.72. The maximum atomic E-state index is 12.4. The minimum Gasteiger partial charge on any atom is -0.397 e. The number of fused-ring (bicyclic) bond motifs is 1. The van der Waals surface area contributed by atoms with Gasteiger partial charge in [0.1, 0.15) is 0 Å². The molecule has 0 saturated carbocycles. The largest absolute Gasteiger partial charge is 0.397 e. The molecule has 3 N–H and O–H groups in total. The van der Waals surface area contributed by atoms with Crippen LogP contribution in [0.15, 0.2) is 58.1 Å². The Morgan fingerprint density at radius 2 is 1.63 bits per heavy atom. The average Bonchev–Trinajstić information content (AvgIpc) is 2.41. The second-order valence-electron chi connectivity index (χ2n) is 4.18. The van der Waals surface area contributed by atoms with Crippen LogP contribution in [0, 0.1) is 0 Å². The third-order valence-corrected chi connectivity index (χ3v) is 2.98. The van der Waals surface area contributed by atoms with Crippen molar-refractivity contribution in [1.29, 1.82) is 0 Å². The van der Waals surface area contributed by atoms with Crippen LogP contribution >= 0.6 is 0 Å². The van der Waals surface area contributed by atoms with E-state index >= 15 is 0 Å². The van der Waals surface area contributed by atoms with Gasteiger partial charge in [0.05, 0.1) is 22.3 Å². The summed E-state index contributed by atoms with van der Waals surface area (Å²) in [5.74, 6) is 0. The van der Waals surface area contributed by atoms with Crippen molar-refractivity contribution < 1.29 is 0 Å². The molecule has 0 saturated heterocycles. The van der Waals surface area contributed by atoms with Gasteiger partial charge < -0.3 is 10.7 Å². The van der Waals surface area contributed by atoms with Crippen LogP contribution in [-0.2, 0) is 0 Å². The molecule has 5 nitrogen and oxygen atoms in total. The van der Waals surface area contributed by atoms with Crippen LogP contribution in [0.5, 0.6) is 0 Å². The van der Waals surface area contributed by atoms with E-state index in [9.17, 15) is 9.59 Å². The molecule has 0 radical (unpaired) electrons. The van der Waals surface area contributed by atoms with E-state index in [1.807, 2.05) is 0 Å². The Kier molecular flexibility index (Phi) is 2.45. The van der Waals surface area contributed by atoms with Gasteiger partial charge in [-0.15, -0.1) is 0 Å². The number of aromatic amines is 1. The summed E-state index contributed by atoms with van der Waals surface area (Å²) in [5, 5.41) is 0.449. The van der Waals surface area contributed by atoms with E-state index in [2.05, 4.69) is 4.98 Å². The highest BCUT2D eigenvalue weighted by atomic mass is 16.2. The quantitative estimate of drug-likeness (QED) is 0.641. The second kappa shape index (κ2) is 4.13. The topological polar surface area (TPSA) is 80.9 Å². The molecule has 1 heterocycles. The molecule has 0 atom stereocenters. The normalized spacial score (nSPS) is 10.7. The number of H-pyrrole nitrogens is 1. The van der Waals surface area contributed by atoms with Gasteiger partial charge in [-0.25, -0.2) is 9.36 Å². The Morgan fingerprint density at radius 3 is 2.42 bits per heavy atom. The average molecular weight is 253 g/mol. The lowest BCUT2D eigenvalue weighted by molar-refractivity contribution is 0.903. The van der Waals surface area contributed by atoms with E-state index in [-0.39, 0.29) is 5.56 Å². The van der Waals surface area contributed by atoms with Gasteiger partial charge in [0.15, 0.2) is 0 Å². The van der Waals surface area contributed by atoms with E-state index in [0.29, 0.717) is 22.3 Å². The Bertz CT molecular complexity index is 877. The fraction of sp³-hybridized carbons (Fsp3) is 0. The highest BCUT2D eigenvalue weighted by Gasteiger charge is 2.10. The summed E-state index contributed by atoms with van der Waals surface area (Å²) in [7, 11) is 0. The Labute approximate surface area is 107 Å². The summed E-state index contributed by atoms with van der Waals surface area (Å²) in [4.78, 5) is 27.1. The summed E-state index contributed by atoms with van der Waals surface area (Å²) in [5.41, 5.74) is 6.23. The van der Waals surface area contributed by atoms with Gasteiger partial charge in [-0.05, 0) is 24.3 Å². The molecule has 0 fully saturated rings. The summed E-state index contributed by atoms with van der Waals surface area (Å²) in [6.45, 7) is 0. The van der Waals surface area contributed by atoms with Crippen LogP contribution in [0.25, 0.3) is 16.6 Å². The number of hydrogen-bond donors (Lipinski definition) is 2. The number of nitrogens with one attached hydrogen (secondary N) is 1.